The number of carbonyl (C=O) groups is 2. The molecule has 1 aromatic heterocycles. The van der Waals surface area contributed by atoms with Gasteiger partial charge in [-0.15, -0.1) is 0 Å². The molecule has 2 aliphatic rings. The third-order valence-corrected chi connectivity index (χ3v) is 5.49. The van der Waals surface area contributed by atoms with Gasteiger partial charge >= 0.3 is 5.97 Å². The van der Waals surface area contributed by atoms with Crippen molar-refractivity contribution < 1.29 is 19.4 Å². The lowest BCUT2D eigenvalue weighted by Gasteiger charge is -2.40. The normalized spacial score (nSPS) is 21.5. The van der Waals surface area contributed by atoms with Crippen LogP contribution in [0.2, 0.25) is 0 Å². The van der Waals surface area contributed by atoms with Crippen molar-refractivity contribution in [2.75, 3.05) is 13.1 Å². The van der Waals surface area contributed by atoms with E-state index in [2.05, 4.69) is 4.98 Å². The molecule has 1 amide bonds. The fourth-order valence-electron chi connectivity index (χ4n) is 3.89. The van der Waals surface area contributed by atoms with Crippen molar-refractivity contribution in [3.8, 4) is 5.75 Å². The second kappa shape index (κ2) is 6.48. The maximum Gasteiger partial charge on any atom is 0.330 e. The molecule has 0 spiro atoms. The first-order chi connectivity index (χ1) is 12.6. The average molecular weight is 355 g/mol. The van der Waals surface area contributed by atoms with Gasteiger partial charge in [0.15, 0.2) is 6.10 Å². The fraction of sp³-hybridized carbons (Fsp3) is 0.421. The van der Waals surface area contributed by atoms with E-state index < -0.39 is 17.6 Å². The Hall–Kier alpha value is -2.83. The number of amides is 1. The Balaban J connectivity index is 1.45. The number of fused-ring (bicyclic) bond motifs is 1. The van der Waals surface area contributed by atoms with E-state index in [1.165, 1.54) is 6.33 Å². The van der Waals surface area contributed by atoms with E-state index in [0.717, 1.165) is 17.7 Å². The van der Waals surface area contributed by atoms with Crippen LogP contribution >= 0.6 is 0 Å². The van der Waals surface area contributed by atoms with E-state index in [1.54, 1.807) is 21.9 Å². The zero-order valence-electron chi connectivity index (χ0n) is 14.4. The van der Waals surface area contributed by atoms with Crippen molar-refractivity contribution in [3.63, 3.8) is 0 Å². The maximum atomic E-state index is 12.9. The lowest BCUT2D eigenvalue weighted by molar-refractivity contribution is -0.154. The molecule has 1 saturated heterocycles. The van der Waals surface area contributed by atoms with Crippen LogP contribution in [0.25, 0.3) is 0 Å². The molecule has 1 aromatic carbocycles. The van der Waals surface area contributed by atoms with Crippen LogP contribution < -0.4 is 4.74 Å². The molecule has 1 atom stereocenters. The Morgan fingerprint density at radius 2 is 2.00 bits per heavy atom. The Kier molecular flexibility index (Phi) is 4.14. The van der Waals surface area contributed by atoms with Gasteiger partial charge in [-0.05, 0) is 37.3 Å². The number of carboxylic acids is 1. The summed E-state index contributed by atoms with van der Waals surface area (Å²) in [5.41, 5.74) is 0.0908. The van der Waals surface area contributed by atoms with E-state index in [4.69, 9.17) is 4.74 Å². The second-order valence-corrected chi connectivity index (χ2v) is 6.88. The summed E-state index contributed by atoms with van der Waals surface area (Å²) in [5, 5.41) is 9.77. The molecule has 0 radical (unpaired) electrons. The number of nitrogens with zero attached hydrogens (tertiary/aromatic N) is 3. The number of carboxylic acid groups (broad SMARTS) is 1. The number of hydrogen-bond donors (Lipinski definition) is 1. The lowest BCUT2D eigenvalue weighted by atomic mass is 9.87. The summed E-state index contributed by atoms with van der Waals surface area (Å²) in [5.74, 6) is -0.165. The van der Waals surface area contributed by atoms with E-state index in [0.29, 0.717) is 32.4 Å². The number of benzene rings is 1. The standard InChI is InChI=1S/C19H21N3O4/c23-17(16-6-5-14-3-1-2-4-15(14)26-16)21-10-7-19(8-11-21,18(24)25)22-12-9-20-13-22/h1-4,9,12-13,16H,5-8,10-11H2,(H,24,25)/t16-/m0/s1. The van der Waals surface area contributed by atoms with Gasteiger partial charge in [-0.3, -0.25) is 4.79 Å². The fourth-order valence-corrected chi connectivity index (χ4v) is 3.89. The molecule has 136 valence electrons. The van der Waals surface area contributed by atoms with Crippen LogP contribution in [0.4, 0.5) is 0 Å². The first-order valence-electron chi connectivity index (χ1n) is 8.85. The third kappa shape index (κ3) is 2.73. The molecule has 2 aromatic rings. The molecule has 3 heterocycles. The number of hydrogen-bond acceptors (Lipinski definition) is 4. The molecule has 2 aliphatic heterocycles. The number of para-hydroxylation sites is 1. The number of ether oxygens (including phenoxy) is 1. The number of imidazole rings is 1. The molecule has 0 bridgehead atoms. The number of likely N-dealkylation sites (tertiary alicyclic amines) is 1. The second-order valence-electron chi connectivity index (χ2n) is 6.88. The number of aryl methyl sites for hydroxylation is 1. The molecule has 4 rings (SSSR count). The van der Waals surface area contributed by atoms with Crippen LogP contribution in [0.5, 0.6) is 5.75 Å². The molecule has 1 N–H and O–H groups in total. The summed E-state index contributed by atoms with van der Waals surface area (Å²) >= 11 is 0. The lowest BCUT2D eigenvalue weighted by Crippen LogP contribution is -2.54. The predicted molar refractivity (Wildman–Crippen MR) is 92.8 cm³/mol. The molecule has 0 saturated carbocycles. The summed E-state index contributed by atoms with van der Waals surface area (Å²) < 4.78 is 7.54. The van der Waals surface area contributed by atoms with Crippen molar-refractivity contribution in [2.24, 2.45) is 0 Å². The molecule has 1 fully saturated rings. The largest absolute Gasteiger partial charge is 0.480 e. The zero-order chi connectivity index (χ0) is 18.1. The van der Waals surface area contributed by atoms with Gasteiger partial charge < -0.3 is 19.3 Å². The topological polar surface area (TPSA) is 84.7 Å². The van der Waals surface area contributed by atoms with Gasteiger partial charge in [0.2, 0.25) is 0 Å². The van der Waals surface area contributed by atoms with E-state index in [9.17, 15) is 14.7 Å². The number of carbonyl (C=O) groups excluding carboxylic acids is 1. The van der Waals surface area contributed by atoms with Crippen molar-refractivity contribution in [2.45, 2.75) is 37.3 Å². The highest BCUT2D eigenvalue weighted by Gasteiger charge is 2.45. The molecule has 26 heavy (non-hydrogen) atoms. The van der Waals surface area contributed by atoms with Gasteiger partial charge in [0.05, 0.1) is 6.33 Å². The monoisotopic (exact) mass is 355 g/mol. The Bertz CT molecular complexity index is 810. The van der Waals surface area contributed by atoms with E-state index in [1.807, 2.05) is 24.3 Å². The minimum absolute atomic E-state index is 0.0517. The summed E-state index contributed by atoms with van der Waals surface area (Å²) in [6.07, 6.45) is 6.47. The summed E-state index contributed by atoms with van der Waals surface area (Å²) in [4.78, 5) is 30.5. The van der Waals surface area contributed by atoms with Crippen LogP contribution in [0, 0.1) is 0 Å². The zero-order valence-corrected chi connectivity index (χ0v) is 14.4. The summed E-state index contributed by atoms with van der Waals surface area (Å²) in [6.45, 7) is 0.787. The first-order valence-corrected chi connectivity index (χ1v) is 8.85. The smallest absolute Gasteiger partial charge is 0.330 e. The van der Waals surface area contributed by atoms with Crippen LogP contribution in [0.1, 0.15) is 24.8 Å². The predicted octanol–water partition coefficient (Wildman–Crippen LogP) is 1.68. The number of piperidine rings is 1. The Morgan fingerprint density at radius 1 is 1.23 bits per heavy atom. The Morgan fingerprint density at radius 3 is 2.69 bits per heavy atom. The van der Waals surface area contributed by atoms with Gasteiger partial charge in [-0.2, -0.15) is 0 Å². The van der Waals surface area contributed by atoms with Gasteiger partial charge in [-0.25, -0.2) is 9.78 Å². The molecular weight excluding hydrogens is 334 g/mol. The van der Waals surface area contributed by atoms with Crippen molar-refractivity contribution >= 4 is 11.9 Å². The highest BCUT2D eigenvalue weighted by Crippen LogP contribution is 2.32. The number of aliphatic carboxylic acids is 1. The molecule has 7 heteroatoms. The minimum Gasteiger partial charge on any atom is -0.480 e. The molecule has 7 nitrogen and oxygen atoms in total. The summed E-state index contributed by atoms with van der Waals surface area (Å²) in [7, 11) is 0. The molecule has 0 unspecified atom stereocenters. The number of aromatic nitrogens is 2. The minimum atomic E-state index is -1.03. The quantitative estimate of drug-likeness (QED) is 0.905. The van der Waals surface area contributed by atoms with Crippen molar-refractivity contribution in [1.29, 1.82) is 0 Å². The molecule has 0 aliphatic carbocycles. The van der Waals surface area contributed by atoms with E-state index in [-0.39, 0.29) is 5.91 Å². The highest BCUT2D eigenvalue weighted by atomic mass is 16.5. The van der Waals surface area contributed by atoms with Crippen molar-refractivity contribution in [1.82, 2.24) is 14.5 Å². The van der Waals surface area contributed by atoms with Crippen LogP contribution in [-0.4, -0.2) is 50.6 Å². The van der Waals surface area contributed by atoms with Crippen LogP contribution in [0.3, 0.4) is 0 Å². The average Bonchev–Trinajstić information content (AvgIpc) is 3.22. The molecular formula is C19H21N3O4. The SMILES string of the molecule is O=C([C@@H]1CCc2ccccc2O1)N1CCC(C(=O)O)(n2ccnc2)CC1. The van der Waals surface area contributed by atoms with Crippen LogP contribution in [-0.2, 0) is 21.5 Å². The third-order valence-electron chi connectivity index (χ3n) is 5.49. The van der Waals surface area contributed by atoms with Gasteiger partial charge in [0.1, 0.15) is 11.3 Å². The van der Waals surface area contributed by atoms with Gasteiger partial charge in [-0.1, -0.05) is 18.2 Å². The van der Waals surface area contributed by atoms with Gasteiger partial charge in [0, 0.05) is 25.5 Å². The summed E-state index contributed by atoms with van der Waals surface area (Å²) in [6, 6.07) is 7.78. The van der Waals surface area contributed by atoms with Gasteiger partial charge in [0.25, 0.3) is 5.91 Å². The highest BCUT2D eigenvalue weighted by molar-refractivity contribution is 5.83. The van der Waals surface area contributed by atoms with E-state index >= 15 is 0 Å². The Labute approximate surface area is 151 Å². The first kappa shape index (κ1) is 16.6. The van der Waals surface area contributed by atoms with Crippen molar-refractivity contribution in [3.05, 3.63) is 48.5 Å². The van der Waals surface area contributed by atoms with Crippen LogP contribution in [0.15, 0.2) is 43.0 Å². The maximum absolute atomic E-state index is 12.9. The number of rotatable bonds is 3.